The normalized spacial score (nSPS) is 15.7. The Morgan fingerprint density at radius 3 is 2.53 bits per heavy atom. The molecule has 170 valence electrons. The van der Waals surface area contributed by atoms with Crippen LogP contribution in [0.25, 0.3) is 6.08 Å². The average molecular weight is 453 g/mol. The molecular formula is C28H24N2O4. The number of allylic oxidation sites excluding steroid dienone is 1. The highest BCUT2D eigenvalue weighted by molar-refractivity contribution is 6.14. The average Bonchev–Trinajstić information content (AvgIpc) is 3.12. The number of pyridine rings is 1. The van der Waals surface area contributed by atoms with Crippen LogP contribution in [0, 0.1) is 0 Å². The first-order chi connectivity index (χ1) is 16.6. The van der Waals surface area contributed by atoms with E-state index in [9.17, 15) is 14.7 Å². The topological polar surface area (TPSA) is 79.7 Å². The highest BCUT2D eigenvalue weighted by Gasteiger charge is 2.42. The van der Waals surface area contributed by atoms with Gasteiger partial charge in [-0.2, -0.15) is 0 Å². The van der Waals surface area contributed by atoms with Gasteiger partial charge in [-0.3, -0.25) is 14.6 Å². The molecule has 34 heavy (non-hydrogen) atoms. The number of benzene rings is 2. The molecule has 1 aliphatic rings. The number of rotatable bonds is 9. The van der Waals surface area contributed by atoms with Gasteiger partial charge in [-0.1, -0.05) is 67.3 Å². The van der Waals surface area contributed by atoms with Crippen molar-refractivity contribution in [1.82, 2.24) is 9.88 Å². The molecule has 2 aromatic carbocycles. The van der Waals surface area contributed by atoms with E-state index in [0.717, 1.165) is 11.1 Å². The van der Waals surface area contributed by atoms with Gasteiger partial charge in [0.1, 0.15) is 12.4 Å². The van der Waals surface area contributed by atoms with Gasteiger partial charge in [0.05, 0.1) is 11.6 Å². The summed E-state index contributed by atoms with van der Waals surface area (Å²) in [5, 5.41) is 10.8. The Hall–Kier alpha value is -4.45. The summed E-state index contributed by atoms with van der Waals surface area (Å²) in [5.41, 5.74) is 2.35. The van der Waals surface area contributed by atoms with Crippen LogP contribution >= 0.6 is 0 Å². The van der Waals surface area contributed by atoms with Gasteiger partial charge in [-0.25, -0.2) is 0 Å². The highest BCUT2D eigenvalue weighted by Crippen LogP contribution is 2.39. The summed E-state index contributed by atoms with van der Waals surface area (Å²) in [7, 11) is 0. The summed E-state index contributed by atoms with van der Waals surface area (Å²) in [5.74, 6) is -0.932. The first kappa shape index (κ1) is 22.7. The zero-order valence-electron chi connectivity index (χ0n) is 18.5. The molecule has 3 aromatic rings. The smallest absolute Gasteiger partial charge is 0.290 e. The van der Waals surface area contributed by atoms with Crippen molar-refractivity contribution >= 4 is 17.8 Å². The number of carbonyl (C=O) groups is 2. The van der Waals surface area contributed by atoms with Crippen LogP contribution in [0.5, 0.6) is 5.75 Å². The number of hydrogen-bond acceptors (Lipinski definition) is 5. The van der Waals surface area contributed by atoms with Crippen LogP contribution in [0.1, 0.15) is 22.7 Å². The van der Waals surface area contributed by atoms with Gasteiger partial charge in [-0.05, 0) is 41.0 Å². The molecule has 0 bridgehead atoms. The summed E-state index contributed by atoms with van der Waals surface area (Å²) in [6.45, 7) is 4.19. The minimum absolute atomic E-state index is 0.0424. The predicted molar refractivity (Wildman–Crippen MR) is 130 cm³/mol. The number of nitrogens with zero attached hydrogens (tertiary/aromatic N) is 2. The molecule has 1 atom stereocenters. The summed E-state index contributed by atoms with van der Waals surface area (Å²) >= 11 is 0. The standard InChI is InChI=1S/C28H24N2O4/c1-2-17-34-23-13-11-22(12-14-23)26-25(24(31)15-10-20-7-4-3-5-8-20)27(32)28(33)30(26)19-21-9-6-16-29-18-21/h2-16,18,26,32H,1,17,19H2/b15-10+. The van der Waals surface area contributed by atoms with E-state index in [1.54, 1.807) is 54.9 Å². The van der Waals surface area contributed by atoms with Gasteiger partial charge in [0.2, 0.25) is 0 Å². The van der Waals surface area contributed by atoms with Crippen molar-refractivity contribution in [3.05, 3.63) is 126 Å². The van der Waals surface area contributed by atoms with E-state index in [0.29, 0.717) is 17.9 Å². The van der Waals surface area contributed by atoms with Crippen molar-refractivity contribution in [2.24, 2.45) is 0 Å². The van der Waals surface area contributed by atoms with Crippen LogP contribution in [0.3, 0.4) is 0 Å². The summed E-state index contributed by atoms with van der Waals surface area (Å²) in [6.07, 6.45) is 8.00. The molecule has 1 amide bonds. The first-order valence-electron chi connectivity index (χ1n) is 10.8. The van der Waals surface area contributed by atoms with Crippen LogP contribution < -0.4 is 4.74 Å². The molecule has 1 aromatic heterocycles. The fourth-order valence-corrected chi connectivity index (χ4v) is 3.83. The summed E-state index contributed by atoms with van der Waals surface area (Å²) in [6, 6.07) is 19.3. The molecule has 4 rings (SSSR count). The molecule has 0 fully saturated rings. The molecule has 0 spiro atoms. The van der Waals surface area contributed by atoms with E-state index in [2.05, 4.69) is 11.6 Å². The molecule has 0 aliphatic carbocycles. The monoisotopic (exact) mass is 452 g/mol. The van der Waals surface area contributed by atoms with Crippen LogP contribution in [0.4, 0.5) is 0 Å². The number of amides is 1. The molecule has 1 aliphatic heterocycles. The fraction of sp³-hybridized carbons (Fsp3) is 0.107. The zero-order valence-corrected chi connectivity index (χ0v) is 18.5. The lowest BCUT2D eigenvalue weighted by atomic mass is 9.95. The SMILES string of the molecule is C=CCOc1ccc(C2C(C(=O)/C=C/c3ccccc3)=C(O)C(=O)N2Cc2cccnc2)cc1. The Balaban J connectivity index is 1.69. The quantitative estimate of drug-likeness (QED) is 0.372. The summed E-state index contributed by atoms with van der Waals surface area (Å²) in [4.78, 5) is 31.9. The molecular weight excluding hydrogens is 428 g/mol. The maximum Gasteiger partial charge on any atom is 0.290 e. The van der Waals surface area contributed by atoms with Gasteiger partial charge in [0.15, 0.2) is 11.5 Å². The number of aliphatic hydroxyl groups excluding tert-OH is 1. The van der Waals surface area contributed by atoms with Gasteiger partial charge in [0, 0.05) is 18.9 Å². The van der Waals surface area contributed by atoms with Crippen molar-refractivity contribution < 1.29 is 19.4 Å². The van der Waals surface area contributed by atoms with Gasteiger partial charge in [0.25, 0.3) is 5.91 Å². The molecule has 6 nitrogen and oxygen atoms in total. The largest absolute Gasteiger partial charge is 0.503 e. The van der Waals surface area contributed by atoms with E-state index in [4.69, 9.17) is 4.74 Å². The minimum Gasteiger partial charge on any atom is -0.503 e. The van der Waals surface area contributed by atoms with E-state index < -0.39 is 23.5 Å². The van der Waals surface area contributed by atoms with Crippen molar-refractivity contribution in [2.75, 3.05) is 6.61 Å². The third kappa shape index (κ3) is 4.96. The van der Waals surface area contributed by atoms with Crippen LogP contribution in [-0.4, -0.2) is 33.3 Å². The summed E-state index contributed by atoms with van der Waals surface area (Å²) < 4.78 is 5.55. The number of ketones is 1. The van der Waals surface area contributed by atoms with E-state index in [-0.39, 0.29) is 12.1 Å². The zero-order chi connectivity index (χ0) is 23.9. The first-order valence-corrected chi connectivity index (χ1v) is 10.8. The third-order valence-electron chi connectivity index (χ3n) is 5.44. The lowest BCUT2D eigenvalue weighted by Crippen LogP contribution is -2.30. The second kappa shape index (κ2) is 10.4. The van der Waals surface area contributed by atoms with Crippen LogP contribution in [0.2, 0.25) is 0 Å². The number of ether oxygens (including phenoxy) is 1. The molecule has 1 unspecified atom stereocenters. The molecule has 0 radical (unpaired) electrons. The Kier molecular flexibility index (Phi) is 6.98. The van der Waals surface area contributed by atoms with E-state index in [1.807, 2.05) is 36.4 Å². The van der Waals surface area contributed by atoms with E-state index >= 15 is 0 Å². The van der Waals surface area contributed by atoms with Gasteiger partial charge < -0.3 is 14.7 Å². The highest BCUT2D eigenvalue weighted by atomic mass is 16.5. The predicted octanol–water partition coefficient (Wildman–Crippen LogP) is 4.82. The number of carbonyl (C=O) groups excluding carboxylic acids is 2. The second-order valence-electron chi connectivity index (χ2n) is 7.74. The maximum atomic E-state index is 13.2. The number of hydrogen-bond donors (Lipinski definition) is 1. The molecule has 0 saturated carbocycles. The lowest BCUT2D eigenvalue weighted by Gasteiger charge is -2.26. The third-order valence-corrected chi connectivity index (χ3v) is 5.44. The fourth-order valence-electron chi connectivity index (χ4n) is 3.83. The number of aliphatic hydroxyl groups is 1. The van der Waals surface area contributed by atoms with Crippen LogP contribution in [-0.2, 0) is 16.1 Å². The Morgan fingerprint density at radius 2 is 1.85 bits per heavy atom. The van der Waals surface area contributed by atoms with Crippen molar-refractivity contribution in [3.63, 3.8) is 0 Å². The van der Waals surface area contributed by atoms with Crippen LogP contribution in [0.15, 0.2) is 109 Å². The minimum atomic E-state index is -0.755. The Bertz CT molecular complexity index is 1230. The molecule has 6 heteroatoms. The molecule has 2 heterocycles. The second-order valence-corrected chi connectivity index (χ2v) is 7.74. The van der Waals surface area contributed by atoms with E-state index in [1.165, 1.54) is 11.0 Å². The molecule has 0 saturated heterocycles. The van der Waals surface area contributed by atoms with Crippen molar-refractivity contribution in [2.45, 2.75) is 12.6 Å². The Morgan fingerprint density at radius 1 is 1.09 bits per heavy atom. The van der Waals surface area contributed by atoms with Crippen molar-refractivity contribution in [1.29, 1.82) is 0 Å². The van der Waals surface area contributed by atoms with Crippen molar-refractivity contribution in [3.8, 4) is 5.75 Å². The van der Waals surface area contributed by atoms with Gasteiger partial charge in [-0.15, -0.1) is 0 Å². The van der Waals surface area contributed by atoms with Gasteiger partial charge >= 0.3 is 0 Å². The lowest BCUT2D eigenvalue weighted by molar-refractivity contribution is -0.130. The maximum absolute atomic E-state index is 13.2. The molecule has 1 N–H and O–H groups in total. The Labute approximate surface area is 198 Å². The number of aromatic nitrogens is 1.